The maximum atomic E-state index is 11.8. The Kier molecular flexibility index (Phi) is 5.11. The van der Waals surface area contributed by atoms with Crippen molar-refractivity contribution in [3.63, 3.8) is 0 Å². The molecule has 25 heavy (non-hydrogen) atoms. The second-order valence-corrected chi connectivity index (χ2v) is 7.44. The molecule has 3 aliphatic rings. The first-order chi connectivity index (χ1) is 11.7. The van der Waals surface area contributed by atoms with E-state index in [0.29, 0.717) is 6.42 Å². The maximum absolute atomic E-state index is 11.8. The quantitative estimate of drug-likeness (QED) is 0.351. The zero-order chi connectivity index (χ0) is 18.5. The lowest BCUT2D eigenvalue weighted by atomic mass is 9.79. The standard InChI is InChI=1S/C16H26O9/c1-6-7-3-10(18)16(2,8(7)5-23-14(6)22)25-15-13(21)12(20)11(19)9(4-17)24-15/h6-13,15,17-21H,3-5H2,1-2H3/t6-,7+,8-,9+,10-,11+,12-,13+,15-,16-/m0/s1. The van der Waals surface area contributed by atoms with Crippen molar-refractivity contribution in [1.29, 1.82) is 0 Å². The summed E-state index contributed by atoms with van der Waals surface area (Å²) in [6.45, 7) is 2.91. The van der Waals surface area contributed by atoms with Gasteiger partial charge in [0.15, 0.2) is 6.29 Å². The van der Waals surface area contributed by atoms with Crippen LogP contribution in [0.15, 0.2) is 0 Å². The van der Waals surface area contributed by atoms with E-state index < -0.39 is 49.0 Å². The van der Waals surface area contributed by atoms with Crippen LogP contribution in [-0.4, -0.2) is 87.1 Å². The number of carbonyl (C=O) groups excluding carboxylic acids is 1. The summed E-state index contributed by atoms with van der Waals surface area (Å²) in [7, 11) is 0. The third-order valence-electron chi connectivity index (χ3n) is 6.05. The second-order valence-electron chi connectivity index (χ2n) is 7.44. The predicted octanol–water partition coefficient (Wildman–Crippen LogP) is -2.25. The number of esters is 1. The summed E-state index contributed by atoms with van der Waals surface area (Å²) < 4.78 is 16.4. The fourth-order valence-corrected chi connectivity index (χ4v) is 4.23. The Morgan fingerprint density at radius 2 is 1.88 bits per heavy atom. The highest BCUT2D eigenvalue weighted by atomic mass is 16.7. The highest BCUT2D eigenvalue weighted by Crippen LogP contribution is 2.49. The SMILES string of the molecule is C[C@@H]1C(=O)OC[C@H]2[C@@H]1C[C@H](O)[C@@]2(C)O[C@@H]1O[C@H](CO)[C@@H](O)[C@H](O)[C@H]1O. The van der Waals surface area contributed by atoms with Gasteiger partial charge in [0.25, 0.3) is 0 Å². The number of cyclic esters (lactones) is 1. The van der Waals surface area contributed by atoms with Gasteiger partial charge in [-0.2, -0.15) is 0 Å². The first-order valence-electron chi connectivity index (χ1n) is 8.53. The highest BCUT2D eigenvalue weighted by molar-refractivity contribution is 5.73. The average molecular weight is 362 g/mol. The van der Waals surface area contributed by atoms with Crippen LogP contribution in [0.2, 0.25) is 0 Å². The number of rotatable bonds is 3. The van der Waals surface area contributed by atoms with Crippen molar-refractivity contribution in [2.24, 2.45) is 17.8 Å². The molecular weight excluding hydrogens is 336 g/mol. The van der Waals surface area contributed by atoms with E-state index in [4.69, 9.17) is 14.2 Å². The normalized spacial score (nSPS) is 53.4. The fraction of sp³-hybridized carbons (Fsp3) is 0.938. The van der Waals surface area contributed by atoms with Crippen LogP contribution in [-0.2, 0) is 19.0 Å². The summed E-state index contributed by atoms with van der Waals surface area (Å²) in [5, 5.41) is 49.7. The third-order valence-corrected chi connectivity index (χ3v) is 6.05. The average Bonchev–Trinajstić information content (AvgIpc) is 2.83. The van der Waals surface area contributed by atoms with Gasteiger partial charge >= 0.3 is 5.97 Å². The number of carbonyl (C=O) groups is 1. The van der Waals surface area contributed by atoms with Crippen LogP contribution in [0.1, 0.15) is 20.3 Å². The fourth-order valence-electron chi connectivity index (χ4n) is 4.23. The molecular formula is C16H26O9. The molecule has 0 spiro atoms. The molecule has 2 aliphatic heterocycles. The van der Waals surface area contributed by atoms with Gasteiger partial charge in [0.2, 0.25) is 0 Å². The molecule has 0 bridgehead atoms. The first kappa shape index (κ1) is 19.0. The molecule has 144 valence electrons. The monoisotopic (exact) mass is 362 g/mol. The summed E-state index contributed by atoms with van der Waals surface area (Å²) in [4.78, 5) is 11.8. The van der Waals surface area contributed by atoms with Crippen LogP contribution in [0.25, 0.3) is 0 Å². The summed E-state index contributed by atoms with van der Waals surface area (Å²) in [5.41, 5.74) is -1.17. The Balaban J connectivity index is 1.80. The van der Waals surface area contributed by atoms with Crippen LogP contribution in [0, 0.1) is 17.8 Å². The van der Waals surface area contributed by atoms with Crippen LogP contribution < -0.4 is 0 Å². The van der Waals surface area contributed by atoms with Gasteiger partial charge in [-0.15, -0.1) is 0 Å². The topological polar surface area (TPSA) is 146 Å². The number of hydrogen-bond acceptors (Lipinski definition) is 9. The lowest BCUT2D eigenvalue weighted by Crippen LogP contribution is -2.62. The van der Waals surface area contributed by atoms with Gasteiger partial charge in [-0.25, -0.2) is 0 Å². The zero-order valence-corrected chi connectivity index (χ0v) is 14.2. The van der Waals surface area contributed by atoms with Gasteiger partial charge in [0.05, 0.1) is 25.2 Å². The van der Waals surface area contributed by atoms with E-state index >= 15 is 0 Å². The lowest BCUT2D eigenvalue weighted by molar-refractivity contribution is -0.338. The highest BCUT2D eigenvalue weighted by Gasteiger charge is 2.59. The lowest BCUT2D eigenvalue weighted by Gasteiger charge is -2.45. The molecule has 9 heteroatoms. The van der Waals surface area contributed by atoms with Crippen LogP contribution in [0.4, 0.5) is 0 Å². The summed E-state index contributed by atoms with van der Waals surface area (Å²) in [5.74, 6) is -1.13. The van der Waals surface area contributed by atoms with E-state index in [-0.39, 0.29) is 30.3 Å². The number of ether oxygens (including phenoxy) is 3. The van der Waals surface area contributed by atoms with E-state index in [0.717, 1.165) is 0 Å². The van der Waals surface area contributed by atoms with E-state index in [1.807, 2.05) is 0 Å². The molecule has 0 amide bonds. The van der Waals surface area contributed by atoms with Crippen molar-refractivity contribution in [1.82, 2.24) is 0 Å². The van der Waals surface area contributed by atoms with Crippen molar-refractivity contribution in [3.05, 3.63) is 0 Å². The summed E-state index contributed by atoms with van der Waals surface area (Å²) in [6, 6.07) is 0. The van der Waals surface area contributed by atoms with E-state index in [2.05, 4.69) is 0 Å². The number of aliphatic hydroxyl groups excluding tert-OH is 5. The molecule has 1 saturated carbocycles. The molecule has 2 heterocycles. The summed E-state index contributed by atoms with van der Waals surface area (Å²) >= 11 is 0. The van der Waals surface area contributed by atoms with Gasteiger partial charge < -0.3 is 39.7 Å². The predicted molar refractivity (Wildman–Crippen MR) is 81.0 cm³/mol. The van der Waals surface area contributed by atoms with Gasteiger partial charge in [0.1, 0.15) is 30.0 Å². The van der Waals surface area contributed by atoms with Crippen molar-refractivity contribution < 1.29 is 44.5 Å². The van der Waals surface area contributed by atoms with Crippen LogP contribution in [0.5, 0.6) is 0 Å². The van der Waals surface area contributed by atoms with E-state index in [9.17, 15) is 30.3 Å². The van der Waals surface area contributed by atoms with Gasteiger partial charge in [0, 0.05) is 5.92 Å². The molecule has 0 radical (unpaired) electrons. The minimum atomic E-state index is -1.56. The van der Waals surface area contributed by atoms with Crippen LogP contribution in [0.3, 0.4) is 0 Å². The molecule has 3 rings (SSSR count). The maximum Gasteiger partial charge on any atom is 0.308 e. The third kappa shape index (κ3) is 2.97. The van der Waals surface area contributed by atoms with Crippen molar-refractivity contribution >= 4 is 5.97 Å². The molecule has 3 fully saturated rings. The Labute approximate surface area is 145 Å². The molecule has 10 atom stereocenters. The Morgan fingerprint density at radius 1 is 1.20 bits per heavy atom. The molecule has 0 unspecified atom stereocenters. The molecule has 0 aromatic carbocycles. The molecule has 9 nitrogen and oxygen atoms in total. The van der Waals surface area contributed by atoms with Crippen molar-refractivity contribution in [2.45, 2.75) is 62.7 Å². The Bertz CT molecular complexity index is 512. The number of hydrogen-bond donors (Lipinski definition) is 5. The van der Waals surface area contributed by atoms with Gasteiger partial charge in [-0.3, -0.25) is 4.79 Å². The largest absolute Gasteiger partial charge is 0.465 e. The molecule has 2 saturated heterocycles. The first-order valence-corrected chi connectivity index (χ1v) is 8.53. The molecule has 0 aromatic heterocycles. The molecule has 5 N–H and O–H groups in total. The van der Waals surface area contributed by atoms with Crippen molar-refractivity contribution in [2.75, 3.05) is 13.2 Å². The molecule has 0 aromatic rings. The molecule has 1 aliphatic carbocycles. The smallest absolute Gasteiger partial charge is 0.308 e. The second kappa shape index (κ2) is 6.73. The Morgan fingerprint density at radius 3 is 2.52 bits per heavy atom. The summed E-state index contributed by atoms with van der Waals surface area (Å²) in [6.07, 6.45) is -7.61. The van der Waals surface area contributed by atoms with Gasteiger partial charge in [-0.1, -0.05) is 6.92 Å². The van der Waals surface area contributed by atoms with Crippen LogP contribution >= 0.6 is 0 Å². The number of fused-ring (bicyclic) bond motifs is 1. The minimum Gasteiger partial charge on any atom is -0.465 e. The minimum absolute atomic E-state index is 0.0822. The van der Waals surface area contributed by atoms with E-state index in [1.165, 1.54) is 0 Å². The number of aliphatic hydroxyl groups is 5. The zero-order valence-electron chi connectivity index (χ0n) is 14.2. The Hall–Kier alpha value is -0.810. The van der Waals surface area contributed by atoms with Gasteiger partial charge in [-0.05, 0) is 19.3 Å². The van der Waals surface area contributed by atoms with E-state index in [1.54, 1.807) is 13.8 Å². The van der Waals surface area contributed by atoms with Crippen molar-refractivity contribution in [3.8, 4) is 0 Å².